The van der Waals surface area contributed by atoms with Gasteiger partial charge in [0.15, 0.2) is 0 Å². The van der Waals surface area contributed by atoms with E-state index >= 15 is 0 Å². The summed E-state index contributed by atoms with van der Waals surface area (Å²) in [5.41, 5.74) is 3.87. The summed E-state index contributed by atoms with van der Waals surface area (Å²) < 4.78 is 0. The van der Waals surface area contributed by atoms with Gasteiger partial charge in [-0.2, -0.15) is 0 Å². The van der Waals surface area contributed by atoms with Crippen LogP contribution in [-0.4, -0.2) is 0 Å². The Labute approximate surface area is 99.0 Å². The van der Waals surface area contributed by atoms with Gasteiger partial charge < -0.3 is 0 Å². The third kappa shape index (κ3) is 3.90. The van der Waals surface area contributed by atoms with Crippen LogP contribution in [0.4, 0.5) is 0 Å². The molecule has 0 radical (unpaired) electrons. The van der Waals surface area contributed by atoms with Crippen LogP contribution in [0.25, 0.3) is 5.57 Å². The minimum absolute atomic E-state index is 1.06. The highest BCUT2D eigenvalue weighted by Crippen LogP contribution is 2.17. The first-order valence-electron chi connectivity index (χ1n) is 5.84. The number of rotatable bonds is 4. The average Bonchev–Trinajstić information content (AvgIpc) is 2.35. The molecule has 1 rings (SSSR count). The number of hydrogen-bond acceptors (Lipinski definition) is 0. The molecular formula is C16H20. The van der Waals surface area contributed by atoms with Gasteiger partial charge in [0.2, 0.25) is 0 Å². The molecule has 0 heterocycles. The first-order chi connectivity index (χ1) is 7.77. The fourth-order valence-corrected chi connectivity index (χ4v) is 1.45. The van der Waals surface area contributed by atoms with Crippen LogP contribution in [0.5, 0.6) is 0 Å². The van der Waals surface area contributed by atoms with Crippen molar-refractivity contribution in [1.82, 2.24) is 0 Å². The molecule has 0 atom stereocenters. The van der Waals surface area contributed by atoms with Gasteiger partial charge in [0.1, 0.15) is 0 Å². The van der Waals surface area contributed by atoms with Crippen LogP contribution >= 0.6 is 0 Å². The molecule has 0 bridgehead atoms. The van der Waals surface area contributed by atoms with Gasteiger partial charge in [-0.1, -0.05) is 67.1 Å². The highest BCUT2D eigenvalue weighted by atomic mass is 14.0. The Morgan fingerprint density at radius 1 is 1.12 bits per heavy atom. The Kier molecular flexibility index (Phi) is 5.35. The van der Waals surface area contributed by atoms with Crippen LogP contribution < -0.4 is 0 Å². The van der Waals surface area contributed by atoms with Gasteiger partial charge >= 0.3 is 0 Å². The molecule has 0 heteroatoms. The third-order valence-electron chi connectivity index (χ3n) is 2.51. The Balaban J connectivity index is 2.94. The third-order valence-corrected chi connectivity index (χ3v) is 2.51. The molecule has 0 aliphatic carbocycles. The smallest absolute Gasteiger partial charge is 0.0187 e. The van der Waals surface area contributed by atoms with Crippen LogP contribution in [0.1, 0.15) is 32.8 Å². The van der Waals surface area contributed by atoms with Crippen molar-refractivity contribution in [2.75, 3.05) is 0 Å². The lowest BCUT2D eigenvalue weighted by atomic mass is 10.0. The van der Waals surface area contributed by atoms with Crippen molar-refractivity contribution in [3.63, 3.8) is 0 Å². The molecule has 0 amide bonds. The zero-order chi connectivity index (χ0) is 11.8. The lowest BCUT2D eigenvalue weighted by molar-refractivity contribution is 1.23. The summed E-state index contributed by atoms with van der Waals surface area (Å²) in [6.45, 7) is 6.34. The molecule has 1 aromatic rings. The first kappa shape index (κ1) is 12.5. The molecule has 1 aromatic carbocycles. The number of benzene rings is 1. The van der Waals surface area contributed by atoms with Crippen molar-refractivity contribution in [3.8, 4) is 0 Å². The van der Waals surface area contributed by atoms with Crippen LogP contribution in [-0.2, 0) is 0 Å². The SMILES string of the molecule is C/C=C(C)/C=C\C(=C/CC)c1ccccc1. The molecule has 84 valence electrons. The van der Waals surface area contributed by atoms with Crippen molar-refractivity contribution >= 4 is 5.57 Å². The molecule has 0 aliphatic heterocycles. The van der Waals surface area contributed by atoms with E-state index in [4.69, 9.17) is 0 Å². The molecule has 0 spiro atoms. The minimum atomic E-state index is 1.06. The Morgan fingerprint density at radius 2 is 1.81 bits per heavy atom. The van der Waals surface area contributed by atoms with Gasteiger partial charge in [0.25, 0.3) is 0 Å². The quantitative estimate of drug-likeness (QED) is 0.616. The molecule has 0 unspecified atom stereocenters. The predicted octanol–water partition coefficient (Wildman–Crippen LogP) is 5.00. The lowest BCUT2D eigenvalue weighted by Gasteiger charge is -2.02. The van der Waals surface area contributed by atoms with E-state index in [1.165, 1.54) is 16.7 Å². The second kappa shape index (κ2) is 6.84. The van der Waals surface area contributed by atoms with E-state index in [-0.39, 0.29) is 0 Å². The summed E-state index contributed by atoms with van der Waals surface area (Å²) >= 11 is 0. The van der Waals surface area contributed by atoms with E-state index in [0.29, 0.717) is 0 Å². The van der Waals surface area contributed by atoms with E-state index in [1.54, 1.807) is 0 Å². The van der Waals surface area contributed by atoms with Crippen molar-refractivity contribution in [1.29, 1.82) is 0 Å². The largest absolute Gasteiger partial charge is 0.0847 e. The summed E-state index contributed by atoms with van der Waals surface area (Å²) in [5, 5.41) is 0. The first-order valence-corrected chi connectivity index (χ1v) is 5.84. The zero-order valence-corrected chi connectivity index (χ0v) is 10.4. The molecule has 0 fully saturated rings. The second-order valence-electron chi connectivity index (χ2n) is 3.80. The van der Waals surface area contributed by atoms with E-state index in [2.05, 4.69) is 69.3 Å². The van der Waals surface area contributed by atoms with Gasteiger partial charge in [0, 0.05) is 0 Å². The molecule has 0 N–H and O–H groups in total. The molecular weight excluding hydrogens is 192 g/mol. The molecule has 0 saturated heterocycles. The number of allylic oxidation sites excluding steroid dienone is 6. The Bertz CT molecular complexity index is 391. The summed E-state index contributed by atoms with van der Waals surface area (Å²) in [4.78, 5) is 0. The molecule has 0 saturated carbocycles. The average molecular weight is 212 g/mol. The van der Waals surface area contributed by atoms with Gasteiger partial charge in [-0.3, -0.25) is 0 Å². The fourth-order valence-electron chi connectivity index (χ4n) is 1.45. The highest BCUT2D eigenvalue weighted by molar-refractivity contribution is 5.74. The maximum absolute atomic E-state index is 2.26. The van der Waals surface area contributed by atoms with Crippen LogP contribution in [0.15, 0.2) is 60.2 Å². The maximum Gasteiger partial charge on any atom is -0.0187 e. The normalized spacial score (nSPS) is 13.4. The molecule has 0 nitrogen and oxygen atoms in total. The second-order valence-corrected chi connectivity index (χ2v) is 3.80. The standard InChI is InChI=1S/C16H20/c1-4-9-15(13-12-14(3)5-2)16-10-7-6-8-11-16/h5-13H,4H2,1-3H3/b13-12-,14-5+,15-9+. The predicted molar refractivity (Wildman–Crippen MR) is 73.3 cm³/mol. The van der Waals surface area contributed by atoms with Crippen molar-refractivity contribution in [3.05, 3.63) is 65.8 Å². The summed E-state index contributed by atoms with van der Waals surface area (Å²) in [6, 6.07) is 10.5. The highest BCUT2D eigenvalue weighted by Gasteiger charge is 1.95. The van der Waals surface area contributed by atoms with E-state index in [0.717, 1.165) is 6.42 Å². The van der Waals surface area contributed by atoms with Crippen LogP contribution in [0.2, 0.25) is 0 Å². The zero-order valence-electron chi connectivity index (χ0n) is 10.4. The Hall–Kier alpha value is -1.56. The molecule has 0 aliphatic rings. The van der Waals surface area contributed by atoms with Gasteiger partial charge in [-0.05, 0) is 31.4 Å². The lowest BCUT2D eigenvalue weighted by Crippen LogP contribution is -1.80. The van der Waals surface area contributed by atoms with Gasteiger partial charge in [-0.25, -0.2) is 0 Å². The summed E-state index contributed by atoms with van der Waals surface area (Å²) in [6.07, 6.45) is 9.78. The fraction of sp³-hybridized carbons (Fsp3) is 0.250. The van der Waals surface area contributed by atoms with Crippen molar-refractivity contribution in [2.45, 2.75) is 27.2 Å². The van der Waals surface area contributed by atoms with Gasteiger partial charge in [-0.15, -0.1) is 0 Å². The van der Waals surface area contributed by atoms with Crippen molar-refractivity contribution in [2.24, 2.45) is 0 Å². The summed E-state index contributed by atoms with van der Waals surface area (Å²) in [5.74, 6) is 0. The van der Waals surface area contributed by atoms with E-state index < -0.39 is 0 Å². The van der Waals surface area contributed by atoms with Crippen LogP contribution in [0, 0.1) is 0 Å². The number of hydrogen-bond donors (Lipinski definition) is 0. The van der Waals surface area contributed by atoms with E-state index in [1.807, 2.05) is 6.07 Å². The Morgan fingerprint density at radius 3 is 2.38 bits per heavy atom. The minimum Gasteiger partial charge on any atom is -0.0847 e. The van der Waals surface area contributed by atoms with E-state index in [9.17, 15) is 0 Å². The summed E-state index contributed by atoms with van der Waals surface area (Å²) in [7, 11) is 0. The van der Waals surface area contributed by atoms with Crippen LogP contribution in [0.3, 0.4) is 0 Å². The topological polar surface area (TPSA) is 0 Å². The monoisotopic (exact) mass is 212 g/mol. The maximum atomic E-state index is 2.26. The van der Waals surface area contributed by atoms with Gasteiger partial charge in [0.05, 0.1) is 0 Å². The molecule has 16 heavy (non-hydrogen) atoms. The molecule has 0 aromatic heterocycles. The van der Waals surface area contributed by atoms with Crippen molar-refractivity contribution < 1.29 is 0 Å².